The molecule has 1 heterocycles. The molecule has 0 fully saturated rings. The molecule has 9 nitrogen and oxygen atoms in total. The van der Waals surface area contributed by atoms with Gasteiger partial charge >= 0.3 is 5.97 Å². The molecule has 3 aromatic rings. The number of nitrogens with zero attached hydrogens (tertiary/aromatic N) is 2. The van der Waals surface area contributed by atoms with Crippen LogP contribution in [0, 0.1) is 21.4 Å². The summed E-state index contributed by atoms with van der Waals surface area (Å²) in [6.45, 7) is -0.284. The summed E-state index contributed by atoms with van der Waals surface area (Å²) in [7, 11) is 0. The number of esters is 1. The van der Waals surface area contributed by atoms with Gasteiger partial charge in [0.1, 0.15) is 28.9 Å². The Bertz CT molecular complexity index is 1280. The van der Waals surface area contributed by atoms with Gasteiger partial charge in [-0.1, -0.05) is 36.4 Å². The molecule has 33 heavy (non-hydrogen) atoms. The second-order valence-corrected chi connectivity index (χ2v) is 7.05. The lowest BCUT2D eigenvalue weighted by molar-refractivity contribution is -0.384. The second kappa shape index (κ2) is 9.11. The number of benzene rings is 3. The zero-order chi connectivity index (χ0) is 23.4. The summed E-state index contributed by atoms with van der Waals surface area (Å²) in [4.78, 5) is 22.6. The van der Waals surface area contributed by atoms with Gasteiger partial charge in [0.2, 0.25) is 5.88 Å². The number of hydrogen-bond donors (Lipinski definition) is 1. The molecule has 9 heteroatoms. The molecule has 1 aliphatic heterocycles. The minimum Gasteiger partial charge on any atom is -0.482 e. The third-order valence-electron chi connectivity index (χ3n) is 4.96. The van der Waals surface area contributed by atoms with E-state index >= 15 is 0 Å². The van der Waals surface area contributed by atoms with Crippen molar-refractivity contribution < 1.29 is 23.9 Å². The van der Waals surface area contributed by atoms with Gasteiger partial charge in [-0.15, -0.1) is 0 Å². The second-order valence-electron chi connectivity index (χ2n) is 7.05. The highest BCUT2D eigenvalue weighted by Crippen LogP contribution is 2.43. The van der Waals surface area contributed by atoms with Crippen molar-refractivity contribution in [1.29, 1.82) is 5.26 Å². The van der Waals surface area contributed by atoms with Crippen molar-refractivity contribution in [1.82, 2.24) is 0 Å². The van der Waals surface area contributed by atoms with E-state index in [1.165, 1.54) is 18.2 Å². The Balaban J connectivity index is 1.57. The Hall–Kier alpha value is -4.84. The quantitative estimate of drug-likeness (QED) is 0.263. The van der Waals surface area contributed by atoms with E-state index < -0.39 is 16.8 Å². The molecule has 3 aromatic carbocycles. The largest absolute Gasteiger partial charge is 0.482 e. The van der Waals surface area contributed by atoms with E-state index in [4.69, 9.17) is 19.9 Å². The highest BCUT2D eigenvalue weighted by molar-refractivity contribution is 5.74. The first-order valence-electron chi connectivity index (χ1n) is 9.80. The van der Waals surface area contributed by atoms with Crippen molar-refractivity contribution >= 4 is 11.7 Å². The molecule has 0 spiro atoms. The summed E-state index contributed by atoms with van der Waals surface area (Å²) in [5.41, 5.74) is 7.32. The summed E-state index contributed by atoms with van der Waals surface area (Å²) in [6.07, 6.45) is 0. The summed E-state index contributed by atoms with van der Waals surface area (Å²) >= 11 is 0. The van der Waals surface area contributed by atoms with Crippen molar-refractivity contribution in [2.45, 2.75) is 5.92 Å². The van der Waals surface area contributed by atoms with E-state index in [1.807, 2.05) is 6.07 Å². The van der Waals surface area contributed by atoms with Crippen molar-refractivity contribution in [3.63, 3.8) is 0 Å². The van der Waals surface area contributed by atoms with Crippen LogP contribution in [0.3, 0.4) is 0 Å². The zero-order valence-corrected chi connectivity index (χ0v) is 17.1. The number of carbonyl (C=O) groups is 1. The Morgan fingerprint density at radius 1 is 1.09 bits per heavy atom. The zero-order valence-electron chi connectivity index (χ0n) is 17.1. The number of fused-ring (bicyclic) bond motifs is 1. The van der Waals surface area contributed by atoms with Crippen LogP contribution in [0.4, 0.5) is 5.69 Å². The molecule has 0 aliphatic carbocycles. The summed E-state index contributed by atoms with van der Waals surface area (Å²) in [5.74, 6) is -0.232. The van der Waals surface area contributed by atoms with Crippen LogP contribution in [0.5, 0.6) is 17.2 Å². The average molecular weight is 443 g/mol. The number of non-ortho nitro benzene ring substituents is 1. The summed E-state index contributed by atoms with van der Waals surface area (Å²) in [6, 6.07) is 21.5. The van der Waals surface area contributed by atoms with E-state index in [9.17, 15) is 20.2 Å². The molecular weight excluding hydrogens is 426 g/mol. The molecule has 4 rings (SSSR count). The van der Waals surface area contributed by atoms with Gasteiger partial charge in [0.25, 0.3) is 5.69 Å². The maximum absolute atomic E-state index is 12.2. The fourth-order valence-electron chi connectivity index (χ4n) is 3.45. The Labute approximate surface area is 188 Å². The molecule has 0 aromatic heterocycles. The van der Waals surface area contributed by atoms with Gasteiger partial charge < -0.3 is 19.9 Å². The highest BCUT2D eigenvalue weighted by Gasteiger charge is 2.31. The van der Waals surface area contributed by atoms with Crippen LogP contribution >= 0.6 is 0 Å². The van der Waals surface area contributed by atoms with Gasteiger partial charge in [0.05, 0.1) is 10.8 Å². The first-order chi connectivity index (χ1) is 16.0. The molecule has 0 radical (unpaired) electrons. The minimum atomic E-state index is -0.609. The number of nitrogens with two attached hydrogens (primary N) is 1. The van der Waals surface area contributed by atoms with Gasteiger partial charge in [0, 0.05) is 23.8 Å². The molecule has 0 bridgehead atoms. The third-order valence-corrected chi connectivity index (χ3v) is 4.96. The number of nitriles is 1. The van der Waals surface area contributed by atoms with E-state index in [2.05, 4.69) is 6.07 Å². The number of para-hydroxylation sites is 1. The fourth-order valence-corrected chi connectivity index (χ4v) is 3.45. The number of hydrogen-bond acceptors (Lipinski definition) is 8. The molecule has 2 N–H and O–H groups in total. The topological polar surface area (TPSA) is 138 Å². The number of carbonyl (C=O) groups excluding carboxylic acids is 1. The summed E-state index contributed by atoms with van der Waals surface area (Å²) < 4.78 is 16.3. The van der Waals surface area contributed by atoms with Gasteiger partial charge in [-0.25, -0.2) is 4.79 Å². The SMILES string of the molecule is N#CC1=C(N)Oc2cc(OC(=O)COc3ccccc3)ccc2C1c1ccc([N+](=O)[O-])cc1. The molecular formula is C24H17N3O6. The van der Waals surface area contributed by atoms with Gasteiger partial charge in [-0.2, -0.15) is 5.26 Å². The van der Waals surface area contributed by atoms with E-state index in [-0.39, 0.29) is 29.5 Å². The first kappa shape index (κ1) is 21.4. The van der Waals surface area contributed by atoms with Crippen LogP contribution in [0.25, 0.3) is 0 Å². The van der Waals surface area contributed by atoms with E-state index in [1.54, 1.807) is 48.5 Å². The average Bonchev–Trinajstić information content (AvgIpc) is 2.82. The smallest absolute Gasteiger partial charge is 0.349 e. The number of rotatable bonds is 6. The highest BCUT2D eigenvalue weighted by atomic mass is 16.6. The van der Waals surface area contributed by atoms with Crippen LogP contribution in [-0.4, -0.2) is 17.5 Å². The van der Waals surface area contributed by atoms with Crippen LogP contribution in [0.2, 0.25) is 0 Å². The van der Waals surface area contributed by atoms with Gasteiger partial charge in [0.15, 0.2) is 6.61 Å². The fraction of sp³-hybridized carbons (Fsp3) is 0.0833. The standard InChI is InChI=1S/C24H17N3O6/c25-13-20-23(15-6-8-16(9-7-15)27(29)30)19-11-10-18(12-21(19)33-24(20)26)32-22(28)14-31-17-4-2-1-3-5-17/h1-12,23H,14,26H2. The Morgan fingerprint density at radius 3 is 2.48 bits per heavy atom. The minimum absolute atomic E-state index is 0.0681. The monoisotopic (exact) mass is 443 g/mol. The molecule has 1 aliphatic rings. The van der Waals surface area contributed by atoms with Gasteiger partial charge in [-0.3, -0.25) is 10.1 Å². The van der Waals surface area contributed by atoms with E-state index in [0.29, 0.717) is 22.6 Å². The molecule has 0 saturated carbocycles. The van der Waals surface area contributed by atoms with Crippen molar-refractivity contribution in [2.75, 3.05) is 6.61 Å². The number of ether oxygens (including phenoxy) is 3. The normalized spacial score (nSPS) is 14.5. The predicted molar refractivity (Wildman–Crippen MR) is 116 cm³/mol. The van der Waals surface area contributed by atoms with Crippen LogP contribution in [0.1, 0.15) is 17.0 Å². The number of allylic oxidation sites excluding steroid dienone is 1. The lowest BCUT2D eigenvalue weighted by atomic mass is 9.83. The lowest BCUT2D eigenvalue weighted by Gasteiger charge is -2.26. The maximum atomic E-state index is 12.2. The van der Waals surface area contributed by atoms with Crippen LogP contribution < -0.4 is 19.9 Å². The maximum Gasteiger partial charge on any atom is 0.349 e. The third kappa shape index (κ3) is 4.60. The molecule has 0 amide bonds. The number of nitro benzene ring substituents is 1. The van der Waals surface area contributed by atoms with Crippen LogP contribution in [0.15, 0.2) is 84.3 Å². The number of nitro groups is 1. The molecule has 1 unspecified atom stereocenters. The Morgan fingerprint density at radius 2 is 1.82 bits per heavy atom. The molecule has 1 atom stereocenters. The van der Waals surface area contributed by atoms with Crippen molar-refractivity contribution in [2.24, 2.45) is 5.73 Å². The Kier molecular flexibility index (Phi) is 5.91. The predicted octanol–water partition coefficient (Wildman–Crippen LogP) is 3.80. The molecule has 0 saturated heterocycles. The van der Waals surface area contributed by atoms with Gasteiger partial charge in [-0.05, 0) is 23.8 Å². The molecule has 164 valence electrons. The van der Waals surface area contributed by atoms with Crippen molar-refractivity contribution in [3.05, 3.63) is 105 Å². The summed E-state index contributed by atoms with van der Waals surface area (Å²) in [5, 5.41) is 20.6. The lowest BCUT2D eigenvalue weighted by Crippen LogP contribution is -2.21. The van der Waals surface area contributed by atoms with E-state index in [0.717, 1.165) is 0 Å². The van der Waals surface area contributed by atoms with Crippen molar-refractivity contribution in [3.8, 4) is 23.3 Å². The van der Waals surface area contributed by atoms with Crippen LogP contribution in [-0.2, 0) is 4.79 Å². The first-order valence-corrected chi connectivity index (χ1v) is 9.80.